The van der Waals surface area contributed by atoms with Gasteiger partial charge in [-0.3, -0.25) is 4.90 Å². The zero-order valence-corrected chi connectivity index (χ0v) is 11.5. The second-order valence-electron chi connectivity index (χ2n) is 5.49. The number of aryl methyl sites for hydroxylation is 1. The van der Waals surface area contributed by atoms with Gasteiger partial charge < -0.3 is 5.32 Å². The van der Waals surface area contributed by atoms with E-state index in [0.29, 0.717) is 12.1 Å². The van der Waals surface area contributed by atoms with E-state index in [1.165, 1.54) is 11.6 Å². The monoisotopic (exact) mass is 250 g/mol. The first-order valence-electron chi connectivity index (χ1n) is 6.78. The Kier molecular flexibility index (Phi) is 4.36. The molecule has 1 fully saturated rings. The second-order valence-corrected chi connectivity index (χ2v) is 5.49. The van der Waals surface area contributed by atoms with Crippen molar-refractivity contribution in [2.45, 2.75) is 45.8 Å². The first-order valence-corrected chi connectivity index (χ1v) is 6.78. The molecule has 2 atom stereocenters. The Hall–Kier alpha value is -0.930. The van der Waals surface area contributed by atoms with Gasteiger partial charge in [0.05, 0.1) is 0 Å². The van der Waals surface area contributed by atoms with Crippen molar-refractivity contribution >= 4 is 0 Å². The van der Waals surface area contributed by atoms with Crippen LogP contribution in [0.3, 0.4) is 0 Å². The van der Waals surface area contributed by atoms with Crippen molar-refractivity contribution in [3.63, 3.8) is 0 Å². The van der Waals surface area contributed by atoms with Crippen LogP contribution in [0.15, 0.2) is 18.2 Å². The van der Waals surface area contributed by atoms with Gasteiger partial charge in [-0.25, -0.2) is 4.39 Å². The molecule has 1 aliphatic rings. The fraction of sp³-hybridized carbons (Fsp3) is 0.600. The third kappa shape index (κ3) is 3.30. The van der Waals surface area contributed by atoms with Crippen LogP contribution in [0.4, 0.5) is 4.39 Å². The lowest BCUT2D eigenvalue weighted by atomic mass is 10.1. The van der Waals surface area contributed by atoms with Crippen LogP contribution in [0.25, 0.3) is 0 Å². The van der Waals surface area contributed by atoms with Gasteiger partial charge in [-0.2, -0.15) is 0 Å². The molecule has 1 heterocycles. The smallest absolute Gasteiger partial charge is 0.123 e. The average Bonchev–Trinajstić information content (AvgIpc) is 2.47. The van der Waals surface area contributed by atoms with E-state index in [-0.39, 0.29) is 5.82 Å². The summed E-state index contributed by atoms with van der Waals surface area (Å²) in [5.41, 5.74) is 2.28. The van der Waals surface area contributed by atoms with Gasteiger partial charge in [0.1, 0.15) is 5.82 Å². The summed E-state index contributed by atoms with van der Waals surface area (Å²) in [5.74, 6) is -0.135. The van der Waals surface area contributed by atoms with Gasteiger partial charge in [-0.1, -0.05) is 6.07 Å². The second kappa shape index (κ2) is 5.81. The van der Waals surface area contributed by atoms with Gasteiger partial charge >= 0.3 is 0 Å². The number of hydrogen-bond acceptors (Lipinski definition) is 2. The van der Waals surface area contributed by atoms with Gasteiger partial charge in [0.25, 0.3) is 0 Å². The van der Waals surface area contributed by atoms with Gasteiger partial charge in [0.15, 0.2) is 0 Å². The highest BCUT2D eigenvalue weighted by Crippen LogP contribution is 2.17. The summed E-state index contributed by atoms with van der Waals surface area (Å²) in [6.45, 7) is 9.46. The summed E-state index contributed by atoms with van der Waals surface area (Å²) in [6, 6.07) is 6.13. The summed E-state index contributed by atoms with van der Waals surface area (Å²) in [6.07, 6.45) is 1.15. The molecule has 0 aliphatic carbocycles. The summed E-state index contributed by atoms with van der Waals surface area (Å²) in [5, 5.41) is 3.50. The van der Waals surface area contributed by atoms with E-state index in [4.69, 9.17) is 0 Å². The van der Waals surface area contributed by atoms with E-state index >= 15 is 0 Å². The standard InChI is InChI=1S/C15H23FN2/c1-11-4-5-15(16)8-14(11)10-18-9-12(2)17-7-6-13(18)3/h4-5,8,12-13,17H,6-7,9-10H2,1-3H3. The molecule has 0 radical (unpaired) electrons. The highest BCUT2D eigenvalue weighted by atomic mass is 19.1. The fourth-order valence-electron chi connectivity index (χ4n) is 2.57. The zero-order chi connectivity index (χ0) is 13.1. The quantitative estimate of drug-likeness (QED) is 0.868. The summed E-state index contributed by atoms with van der Waals surface area (Å²) in [4.78, 5) is 2.45. The Balaban J connectivity index is 2.13. The lowest BCUT2D eigenvalue weighted by molar-refractivity contribution is 0.198. The van der Waals surface area contributed by atoms with Crippen LogP contribution >= 0.6 is 0 Å². The van der Waals surface area contributed by atoms with Gasteiger partial charge in [-0.05, 0) is 57.0 Å². The number of benzene rings is 1. The minimum atomic E-state index is -0.135. The van der Waals surface area contributed by atoms with Crippen LogP contribution in [-0.4, -0.2) is 30.1 Å². The molecule has 1 aliphatic heterocycles. The van der Waals surface area contributed by atoms with Crippen molar-refractivity contribution in [2.75, 3.05) is 13.1 Å². The molecule has 2 nitrogen and oxygen atoms in total. The SMILES string of the molecule is Cc1ccc(F)cc1CN1CC(C)NCCC1C. The minimum Gasteiger partial charge on any atom is -0.313 e. The zero-order valence-electron chi connectivity index (χ0n) is 11.5. The van der Waals surface area contributed by atoms with Crippen molar-refractivity contribution in [1.82, 2.24) is 10.2 Å². The molecule has 1 N–H and O–H groups in total. The number of nitrogens with one attached hydrogen (secondary N) is 1. The third-order valence-corrected chi connectivity index (χ3v) is 3.87. The van der Waals surface area contributed by atoms with Crippen LogP contribution in [-0.2, 0) is 6.54 Å². The first kappa shape index (κ1) is 13.5. The highest BCUT2D eigenvalue weighted by Gasteiger charge is 2.20. The van der Waals surface area contributed by atoms with Gasteiger partial charge in [0, 0.05) is 25.2 Å². The normalized spacial score (nSPS) is 26.0. The number of rotatable bonds is 2. The molecule has 0 amide bonds. The minimum absolute atomic E-state index is 0.135. The van der Waals surface area contributed by atoms with E-state index in [1.54, 1.807) is 6.07 Å². The molecule has 1 aromatic rings. The van der Waals surface area contributed by atoms with E-state index < -0.39 is 0 Å². The molecular formula is C15H23FN2. The molecular weight excluding hydrogens is 227 g/mol. The van der Waals surface area contributed by atoms with Crippen molar-refractivity contribution in [2.24, 2.45) is 0 Å². The maximum absolute atomic E-state index is 13.3. The van der Waals surface area contributed by atoms with Crippen LogP contribution in [0, 0.1) is 12.7 Å². The van der Waals surface area contributed by atoms with Crippen molar-refractivity contribution in [3.05, 3.63) is 35.1 Å². The molecule has 2 rings (SSSR count). The number of halogens is 1. The van der Waals surface area contributed by atoms with Crippen molar-refractivity contribution in [3.8, 4) is 0 Å². The van der Waals surface area contributed by atoms with E-state index in [1.807, 2.05) is 6.07 Å². The van der Waals surface area contributed by atoms with E-state index in [9.17, 15) is 4.39 Å². The van der Waals surface area contributed by atoms with E-state index in [0.717, 1.165) is 31.6 Å². The first-order chi connectivity index (χ1) is 8.56. The summed E-state index contributed by atoms with van der Waals surface area (Å²) < 4.78 is 13.3. The van der Waals surface area contributed by atoms with Crippen LogP contribution in [0.1, 0.15) is 31.4 Å². The largest absolute Gasteiger partial charge is 0.313 e. The molecule has 18 heavy (non-hydrogen) atoms. The van der Waals surface area contributed by atoms with Gasteiger partial charge in [0.2, 0.25) is 0 Å². The maximum Gasteiger partial charge on any atom is 0.123 e. The van der Waals surface area contributed by atoms with Crippen LogP contribution < -0.4 is 5.32 Å². The molecule has 0 saturated carbocycles. The predicted octanol–water partition coefficient (Wildman–Crippen LogP) is 2.71. The highest BCUT2D eigenvalue weighted by molar-refractivity contribution is 5.26. The molecule has 0 bridgehead atoms. The molecule has 100 valence electrons. The topological polar surface area (TPSA) is 15.3 Å². The Bertz CT molecular complexity index is 405. The Morgan fingerprint density at radius 2 is 2.17 bits per heavy atom. The third-order valence-electron chi connectivity index (χ3n) is 3.87. The molecule has 1 aromatic carbocycles. The maximum atomic E-state index is 13.3. The number of nitrogens with zero attached hydrogens (tertiary/aromatic N) is 1. The average molecular weight is 250 g/mol. The molecule has 0 aromatic heterocycles. The number of hydrogen-bond donors (Lipinski definition) is 1. The van der Waals surface area contributed by atoms with Crippen LogP contribution in [0.2, 0.25) is 0 Å². The lowest BCUT2D eigenvalue weighted by Gasteiger charge is -2.28. The molecule has 3 heteroatoms. The van der Waals surface area contributed by atoms with Crippen molar-refractivity contribution in [1.29, 1.82) is 0 Å². The van der Waals surface area contributed by atoms with Crippen molar-refractivity contribution < 1.29 is 4.39 Å². The molecule has 1 saturated heterocycles. The Labute approximate surface area is 109 Å². The summed E-state index contributed by atoms with van der Waals surface area (Å²) >= 11 is 0. The van der Waals surface area contributed by atoms with Gasteiger partial charge in [-0.15, -0.1) is 0 Å². The Morgan fingerprint density at radius 3 is 2.94 bits per heavy atom. The predicted molar refractivity (Wildman–Crippen MR) is 73.1 cm³/mol. The fourth-order valence-corrected chi connectivity index (χ4v) is 2.57. The lowest BCUT2D eigenvalue weighted by Crippen LogP contribution is -2.38. The Morgan fingerprint density at radius 1 is 1.39 bits per heavy atom. The summed E-state index contributed by atoms with van der Waals surface area (Å²) in [7, 11) is 0. The van der Waals surface area contributed by atoms with Crippen LogP contribution in [0.5, 0.6) is 0 Å². The molecule has 0 spiro atoms. The van der Waals surface area contributed by atoms with E-state index in [2.05, 4.69) is 31.0 Å². The molecule has 2 unspecified atom stereocenters.